The summed E-state index contributed by atoms with van der Waals surface area (Å²) < 4.78 is 10.1. The smallest absolute Gasteiger partial charge is 0.337 e. The van der Waals surface area contributed by atoms with Crippen molar-refractivity contribution >= 4 is 29.0 Å². The highest BCUT2D eigenvalue weighted by molar-refractivity contribution is 7.80. The van der Waals surface area contributed by atoms with Gasteiger partial charge in [0.15, 0.2) is 5.11 Å². The van der Waals surface area contributed by atoms with Crippen LogP contribution in [-0.4, -0.2) is 24.8 Å². The van der Waals surface area contributed by atoms with E-state index in [4.69, 9.17) is 21.7 Å². The first-order valence-electron chi connectivity index (χ1n) is 7.57. The van der Waals surface area contributed by atoms with E-state index in [0.717, 1.165) is 17.0 Å². The molecule has 0 amide bonds. The summed E-state index contributed by atoms with van der Waals surface area (Å²) in [5, 5.41) is 6.65. The van der Waals surface area contributed by atoms with Gasteiger partial charge in [-0.1, -0.05) is 18.2 Å². The number of hydrogen-bond acceptors (Lipinski definition) is 4. The van der Waals surface area contributed by atoms with Crippen molar-refractivity contribution in [1.82, 2.24) is 5.32 Å². The van der Waals surface area contributed by atoms with Crippen molar-refractivity contribution in [2.75, 3.05) is 19.0 Å². The summed E-state index contributed by atoms with van der Waals surface area (Å²) in [4.78, 5) is 11.5. The average Bonchev–Trinajstić information content (AvgIpc) is 2.61. The Bertz CT molecular complexity index is 702. The number of esters is 1. The van der Waals surface area contributed by atoms with Crippen LogP contribution in [0.1, 0.15) is 22.8 Å². The van der Waals surface area contributed by atoms with E-state index < -0.39 is 0 Å². The molecule has 0 aliphatic heterocycles. The fraction of sp³-hybridized carbons (Fsp3) is 0.222. The fourth-order valence-corrected chi connectivity index (χ4v) is 2.26. The number of thiocarbonyl (C=S) groups is 1. The molecule has 0 radical (unpaired) electrons. The van der Waals surface area contributed by atoms with Crippen LogP contribution in [0.2, 0.25) is 0 Å². The van der Waals surface area contributed by atoms with Crippen molar-refractivity contribution in [1.29, 1.82) is 0 Å². The maximum Gasteiger partial charge on any atom is 0.337 e. The average molecular weight is 344 g/mol. The van der Waals surface area contributed by atoms with Gasteiger partial charge in [0.1, 0.15) is 5.75 Å². The minimum atomic E-state index is -0.382. The van der Waals surface area contributed by atoms with Gasteiger partial charge in [0, 0.05) is 12.2 Å². The predicted molar refractivity (Wildman–Crippen MR) is 98.5 cm³/mol. The van der Waals surface area contributed by atoms with Gasteiger partial charge >= 0.3 is 5.97 Å². The summed E-state index contributed by atoms with van der Waals surface area (Å²) in [6.07, 6.45) is 0. The monoisotopic (exact) mass is 344 g/mol. The van der Waals surface area contributed by atoms with Crippen LogP contribution < -0.4 is 15.4 Å². The molecule has 6 heteroatoms. The van der Waals surface area contributed by atoms with E-state index in [1.165, 1.54) is 7.11 Å². The standard InChI is InChI=1S/C18H20N2O3S/c1-3-23-16-9-7-13(8-10-16)12-19-18(24)20-15-6-4-5-14(11-15)17(21)22-2/h4-11H,3,12H2,1-2H3,(H2,19,20,24). The lowest BCUT2D eigenvalue weighted by Crippen LogP contribution is -2.27. The summed E-state index contributed by atoms with van der Waals surface area (Å²) >= 11 is 5.28. The molecule has 5 nitrogen and oxygen atoms in total. The number of benzene rings is 2. The van der Waals surface area contributed by atoms with Crippen LogP contribution in [0.25, 0.3) is 0 Å². The van der Waals surface area contributed by atoms with Gasteiger partial charge in [0.2, 0.25) is 0 Å². The highest BCUT2D eigenvalue weighted by Gasteiger charge is 2.06. The number of nitrogens with one attached hydrogen (secondary N) is 2. The van der Waals surface area contributed by atoms with Crippen molar-refractivity contribution in [2.24, 2.45) is 0 Å². The molecule has 0 heterocycles. The van der Waals surface area contributed by atoms with Gasteiger partial charge in [0.25, 0.3) is 0 Å². The lowest BCUT2D eigenvalue weighted by atomic mass is 10.2. The van der Waals surface area contributed by atoms with Crippen molar-refractivity contribution in [3.63, 3.8) is 0 Å². The van der Waals surface area contributed by atoms with Gasteiger partial charge in [0.05, 0.1) is 19.3 Å². The second-order valence-corrected chi connectivity index (χ2v) is 5.37. The van der Waals surface area contributed by atoms with Crippen LogP contribution in [0.3, 0.4) is 0 Å². The largest absolute Gasteiger partial charge is 0.494 e. The highest BCUT2D eigenvalue weighted by Crippen LogP contribution is 2.13. The molecule has 0 unspecified atom stereocenters. The zero-order valence-electron chi connectivity index (χ0n) is 13.7. The van der Waals surface area contributed by atoms with Crippen LogP contribution in [-0.2, 0) is 11.3 Å². The Balaban J connectivity index is 1.88. The molecule has 0 saturated heterocycles. The number of hydrogen-bond donors (Lipinski definition) is 2. The Morgan fingerprint density at radius 2 is 1.92 bits per heavy atom. The number of rotatable bonds is 6. The van der Waals surface area contributed by atoms with Crippen molar-refractivity contribution in [3.05, 3.63) is 59.7 Å². The molecule has 0 spiro atoms. The summed E-state index contributed by atoms with van der Waals surface area (Å²) in [6, 6.07) is 14.8. The first-order chi connectivity index (χ1) is 11.6. The summed E-state index contributed by atoms with van der Waals surface area (Å²) in [5.41, 5.74) is 2.28. The van der Waals surface area contributed by atoms with Gasteiger partial charge in [-0.25, -0.2) is 4.79 Å². The third kappa shape index (κ3) is 5.24. The van der Waals surface area contributed by atoms with Crippen LogP contribution >= 0.6 is 12.2 Å². The van der Waals surface area contributed by atoms with Crippen LogP contribution in [0.4, 0.5) is 5.69 Å². The lowest BCUT2D eigenvalue weighted by molar-refractivity contribution is 0.0601. The molecule has 0 atom stereocenters. The molecule has 0 saturated carbocycles. The van der Waals surface area contributed by atoms with Crippen LogP contribution in [0, 0.1) is 0 Å². The Kier molecular flexibility index (Phi) is 6.57. The minimum Gasteiger partial charge on any atom is -0.494 e. The minimum absolute atomic E-state index is 0.382. The number of carbonyl (C=O) groups excluding carboxylic acids is 1. The summed E-state index contributed by atoms with van der Waals surface area (Å²) in [5.74, 6) is 0.466. The predicted octanol–water partition coefficient (Wildman–Crippen LogP) is 3.36. The van der Waals surface area contributed by atoms with Crippen LogP contribution in [0.5, 0.6) is 5.75 Å². The molecule has 2 aromatic carbocycles. The van der Waals surface area contributed by atoms with Gasteiger partial charge < -0.3 is 20.1 Å². The number of carbonyl (C=O) groups is 1. The molecule has 2 N–H and O–H groups in total. The van der Waals surface area contributed by atoms with Crippen molar-refractivity contribution in [2.45, 2.75) is 13.5 Å². The second kappa shape index (κ2) is 8.88. The molecule has 0 bridgehead atoms. The fourth-order valence-electron chi connectivity index (χ4n) is 2.07. The molecule has 0 aliphatic rings. The van der Waals surface area contributed by atoms with E-state index in [0.29, 0.717) is 23.8 Å². The molecule has 0 fully saturated rings. The topological polar surface area (TPSA) is 59.6 Å². The third-order valence-electron chi connectivity index (χ3n) is 3.23. The molecular formula is C18H20N2O3S. The van der Waals surface area contributed by atoms with E-state index in [1.54, 1.807) is 18.2 Å². The zero-order valence-corrected chi connectivity index (χ0v) is 14.5. The normalized spacial score (nSPS) is 9.92. The first-order valence-corrected chi connectivity index (χ1v) is 7.98. The van der Waals surface area contributed by atoms with Gasteiger partial charge in [-0.2, -0.15) is 0 Å². The van der Waals surface area contributed by atoms with Crippen molar-refractivity contribution in [3.8, 4) is 5.75 Å². The van der Waals surface area contributed by atoms with E-state index in [-0.39, 0.29) is 5.97 Å². The van der Waals surface area contributed by atoms with Gasteiger partial charge in [-0.3, -0.25) is 0 Å². The number of anilines is 1. The first kappa shape index (κ1) is 17.7. The second-order valence-electron chi connectivity index (χ2n) is 4.96. The van der Waals surface area contributed by atoms with Gasteiger partial charge in [-0.05, 0) is 55.0 Å². The van der Waals surface area contributed by atoms with Gasteiger partial charge in [-0.15, -0.1) is 0 Å². The van der Waals surface area contributed by atoms with E-state index in [9.17, 15) is 4.79 Å². The molecule has 2 aromatic rings. The van der Waals surface area contributed by atoms with Crippen molar-refractivity contribution < 1.29 is 14.3 Å². The zero-order chi connectivity index (χ0) is 17.4. The molecular weight excluding hydrogens is 324 g/mol. The summed E-state index contributed by atoms with van der Waals surface area (Å²) in [7, 11) is 1.35. The summed E-state index contributed by atoms with van der Waals surface area (Å²) in [6.45, 7) is 3.19. The Hall–Kier alpha value is -2.60. The maximum atomic E-state index is 11.5. The Morgan fingerprint density at radius 3 is 2.58 bits per heavy atom. The molecule has 0 aromatic heterocycles. The maximum absolute atomic E-state index is 11.5. The van der Waals surface area contributed by atoms with E-state index in [1.807, 2.05) is 37.3 Å². The molecule has 2 rings (SSSR count). The third-order valence-corrected chi connectivity index (χ3v) is 3.48. The highest BCUT2D eigenvalue weighted by atomic mass is 32.1. The lowest BCUT2D eigenvalue weighted by Gasteiger charge is -2.11. The molecule has 126 valence electrons. The number of ether oxygens (including phenoxy) is 2. The van der Waals surface area contributed by atoms with E-state index in [2.05, 4.69) is 10.6 Å². The Morgan fingerprint density at radius 1 is 1.17 bits per heavy atom. The number of methoxy groups -OCH3 is 1. The van der Waals surface area contributed by atoms with Crippen LogP contribution in [0.15, 0.2) is 48.5 Å². The van der Waals surface area contributed by atoms with E-state index >= 15 is 0 Å². The Labute approximate surface area is 147 Å². The SMILES string of the molecule is CCOc1ccc(CNC(=S)Nc2cccc(C(=O)OC)c2)cc1. The quantitative estimate of drug-likeness (QED) is 0.619. The molecule has 24 heavy (non-hydrogen) atoms. The molecule has 0 aliphatic carbocycles.